The van der Waals surface area contributed by atoms with Gasteiger partial charge in [-0.15, -0.1) is 0 Å². The van der Waals surface area contributed by atoms with Gasteiger partial charge >= 0.3 is 0 Å². The van der Waals surface area contributed by atoms with Gasteiger partial charge in [0.15, 0.2) is 9.84 Å². The molecule has 1 aromatic heterocycles. The maximum atomic E-state index is 11.6. The van der Waals surface area contributed by atoms with Crippen molar-refractivity contribution in [3.8, 4) is 0 Å². The minimum atomic E-state index is -2.99. The van der Waals surface area contributed by atoms with E-state index >= 15 is 0 Å². The van der Waals surface area contributed by atoms with Crippen LogP contribution in [0.3, 0.4) is 0 Å². The van der Waals surface area contributed by atoms with E-state index in [0.29, 0.717) is 13.1 Å². The van der Waals surface area contributed by atoms with Crippen LogP contribution in [-0.2, 0) is 21.2 Å². The molecule has 1 saturated heterocycles. The third kappa shape index (κ3) is 3.81. The third-order valence-corrected chi connectivity index (χ3v) is 4.50. The summed E-state index contributed by atoms with van der Waals surface area (Å²) in [6.45, 7) is 0.791. The summed E-state index contributed by atoms with van der Waals surface area (Å²) in [5, 5.41) is 12.3. The second kappa shape index (κ2) is 5.49. The van der Waals surface area contributed by atoms with Crippen molar-refractivity contribution in [1.82, 2.24) is 20.8 Å². The van der Waals surface area contributed by atoms with E-state index in [2.05, 4.69) is 20.8 Å². The van der Waals surface area contributed by atoms with Crippen LogP contribution < -0.4 is 10.6 Å². The molecule has 2 heterocycles. The number of aromatic amines is 1. The number of amides is 1. The quantitative estimate of drug-likeness (QED) is 0.639. The molecule has 1 aromatic rings. The van der Waals surface area contributed by atoms with Crippen molar-refractivity contribution in [2.24, 2.45) is 0 Å². The average Bonchev–Trinajstić information content (AvgIpc) is 2.77. The zero-order valence-corrected chi connectivity index (χ0v) is 10.7. The Bertz CT molecular complexity index is 497. The molecule has 0 aromatic carbocycles. The molecular weight excluding hydrogens is 256 g/mol. The Hall–Kier alpha value is -1.41. The van der Waals surface area contributed by atoms with Crippen molar-refractivity contribution in [3.63, 3.8) is 0 Å². The molecule has 0 spiro atoms. The molecule has 100 valence electrons. The van der Waals surface area contributed by atoms with Gasteiger partial charge in [-0.25, -0.2) is 8.42 Å². The summed E-state index contributed by atoms with van der Waals surface area (Å²) in [4.78, 5) is 11.6. The van der Waals surface area contributed by atoms with Crippen molar-refractivity contribution < 1.29 is 13.2 Å². The minimum Gasteiger partial charge on any atom is -0.350 e. The molecule has 2 rings (SSSR count). The van der Waals surface area contributed by atoms with Crippen LogP contribution in [0.1, 0.15) is 12.1 Å². The molecule has 1 fully saturated rings. The van der Waals surface area contributed by atoms with Crippen molar-refractivity contribution in [2.75, 3.05) is 18.1 Å². The van der Waals surface area contributed by atoms with Crippen LogP contribution in [0.5, 0.6) is 0 Å². The van der Waals surface area contributed by atoms with Crippen LogP contribution in [0, 0.1) is 0 Å². The Balaban J connectivity index is 1.77. The Morgan fingerprint density at radius 3 is 3.06 bits per heavy atom. The van der Waals surface area contributed by atoms with Crippen LogP contribution in [0.4, 0.5) is 0 Å². The van der Waals surface area contributed by atoms with Gasteiger partial charge in [-0.3, -0.25) is 9.89 Å². The van der Waals surface area contributed by atoms with Gasteiger partial charge in [0.2, 0.25) is 5.91 Å². The van der Waals surface area contributed by atoms with Crippen molar-refractivity contribution in [1.29, 1.82) is 0 Å². The van der Waals surface area contributed by atoms with E-state index in [9.17, 15) is 13.2 Å². The third-order valence-electron chi connectivity index (χ3n) is 2.77. The summed E-state index contributed by atoms with van der Waals surface area (Å²) < 4.78 is 22.8. The molecule has 1 aliphatic heterocycles. The van der Waals surface area contributed by atoms with Crippen molar-refractivity contribution in [2.45, 2.75) is 19.0 Å². The molecule has 1 unspecified atom stereocenters. The van der Waals surface area contributed by atoms with E-state index in [1.165, 1.54) is 0 Å². The highest BCUT2D eigenvalue weighted by molar-refractivity contribution is 7.91. The first-order chi connectivity index (χ1) is 8.55. The van der Waals surface area contributed by atoms with E-state index < -0.39 is 9.84 Å². The maximum absolute atomic E-state index is 11.6. The predicted molar refractivity (Wildman–Crippen MR) is 65.5 cm³/mol. The standard InChI is InChI=1S/C10H16N4O3S/c15-10(12-6-8-1-2-13-14-8)5-9-7-18(16,17)4-3-11-9/h1-2,9,11H,3-7H2,(H,12,15)(H,13,14). The highest BCUT2D eigenvalue weighted by Gasteiger charge is 2.25. The number of carbonyl (C=O) groups excluding carboxylic acids is 1. The second-order valence-electron chi connectivity index (χ2n) is 4.33. The summed E-state index contributed by atoms with van der Waals surface area (Å²) in [6, 6.07) is 1.48. The Kier molecular flexibility index (Phi) is 3.97. The van der Waals surface area contributed by atoms with Gasteiger partial charge in [0.05, 0.1) is 23.7 Å². The Morgan fingerprint density at radius 1 is 1.56 bits per heavy atom. The first-order valence-corrected chi connectivity index (χ1v) is 7.56. The number of carbonyl (C=O) groups is 1. The smallest absolute Gasteiger partial charge is 0.221 e. The molecule has 0 radical (unpaired) electrons. The first kappa shape index (κ1) is 13.0. The van der Waals surface area contributed by atoms with Gasteiger partial charge in [0.1, 0.15) is 0 Å². The van der Waals surface area contributed by atoms with Gasteiger partial charge < -0.3 is 10.6 Å². The zero-order valence-electron chi connectivity index (χ0n) is 9.85. The number of rotatable bonds is 4. The van der Waals surface area contributed by atoms with E-state index in [-0.39, 0.29) is 29.9 Å². The lowest BCUT2D eigenvalue weighted by atomic mass is 10.2. The fourth-order valence-electron chi connectivity index (χ4n) is 1.87. The summed E-state index contributed by atoms with van der Waals surface area (Å²) >= 11 is 0. The number of hydrogen-bond donors (Lipinski definition) is 3. The van der Waals surface area contributed by atoms with E-state index in [1.807, 2.05) is 0 Å². The lowest BCUT2D eigenvalue weighted by Crippen LogP contribution is -2.47. The number of nitrogens with one attached hydrogen (secondary N) is 3. The SMILES string of the molecule is O=C(CC1CS(=O)(=O)CCN1)NCc1ccn[nH]1. The molecule has 3 N–H and O–H groups in total. The molecule has 18 heavy (non-hydrogen) atoms. The van der Waals surface area contributed by atoms with Gasteiger partial charge in [0, 0.05) is 25.2 Å². The molecule has 8 heteroatoms. The Morgan fingerprint density at radius 2 is 2.39 bits per heavy atom. The molecule has 1 aliphatic rings. The molecular formula is C10H16N4O3S. The predicted octanol–water partition coefficient (Wildman–Crippen LogP) is -1.20. The van der Waals surface area contributed by atoms with Crippen molar-refractivity contribution >= 4 is 15.7 Å². The minimum absolute atomic E-state index is 0.0322. The number of H-pyrrole nitrogens is 1. The van der Waals surface area contributed by atoms with Crippen LogP contribution in [-0.4, -0.2) is 48.6 Å². The summed E-state index contributed by atoms with van der Waals surface area (Å²) in [6.07, 6.45) is 1.78. The number of aromatic nitrogens is 2. The molecule has 1 atom stereocenters. The highest BCUT2D eigenvalue weighted by atomic mass is 32.2. The van der Waals surface area contributed by atoms with Crippen LogP contribution >= 0.6 is 0 Å². The lowest BCUT2D eigenvalue weighted by Gasteiger charge is -2.23. The fourth-order valence-corrected chi connectivity index (χ4v) is 3.32. The number of nitrogens with zero attached hydrogens (tertiary/aromatic N) is 1. The van der Waals surface area contributed by atoms with Gasteiger partial charge in [-0.1, -0.05) is 0 Å². The summed E-state index contributed by atoms with van der Waals surface area (Å²) in [5.41, 5.74) is 0.813. The molecule has 1 amide bonds. The maximum Gasteiger partial charge on any atom is 0.221 e. The average molecular weight is 272 g/mol. The number of sulfone groups is 1. The van der Waals surface area contributed by atoms with Gasteiger partial charge in [-0.2, -0.15) is 5.10 Å². The normalized spacial score (nSPS) is 22.6. The molecule has 0 aliphatic carbocycles. The summed E-state index contributed by atoms with van der Waals surface area (Å²) in [7, 11) is -2.99. The number of hydrogen-bond acceptors (Lipinski definition) is 5. The topological polar surface area (TPSA) is 104 Å². The second-order valence-corrected chi connectivity index (χ2v) is 6.56. The van der Waals surface area contributed by atoms with Crippen LogP contribution in [0.2, 0.25) is 0 Å². The fraction of sp³-hybridized carbons (Fsp3) is 0.600. The highest BCUT2D eigenvalue weighted by Crippen LogP contribution is 2.05. The lowest BCUT2D eigenvalue weighted by molar-refractivity contribution is -0.121. The summed E-state index contributed by atoms with van der Waals surface area (Å²) in [5.74, 6) is 0.0169. The van der Waals surface area contributed by atoms with E-state index in [4.69, 9.17) is 0 Å². The van der Waals surface area contributed by atoms with Crippen molar-refractivity contribution in [3.05, 3.63) is 18.0 Å². The van der Waals surface area contributed by atoms with E-state index in [1.54, 1.807) is 12.3 Å². The molecule has 0 bridgehead atoms. The largest absolute Gasteiger partial charge is 0.350 e. The first-order valence-electron chi connectivity index (χ1n) is 5.74. The zero-order chi connectivity index (χ0) is 13.0. The van der Waals surface area contributed by atoms with Crippen LogP contribution in [0.25, 0.3) is 0 Å². The monoisotopic (exact) mass is 272 g/mol. The van der Waals surface area contributed by atoms with Crippen LogP contribution in [0.15, 0.2) is 12.3 Å². The van der Waals surface area contributed by atoms with E-state index in [0.717, 1.165) is 5.69 Å². The van der Waals surface area contributed by atoms with Gasteiger partial charge in [-0.05, 0) is 6.07 Å². The molecule has 7 nitrogen and oxygen atoms in total. The van der Waals surface area contributed by atoms with Gasteiger partial charge in [0.25, 0.3) is 0 Å². The Labute approximate surface area is 105 Å². The molecule has 0 saturated carbocycles.